The first-order valence-electron chi connectivity index (χ1n) is 6.10. The number of anilines is 3. The Morgan fingerprint density at radius 1 is 0.850 bits per heavy atom. The Bertz CT molecular complexity index is 600. The van der Waals surface area contributed by atoms with Crippen molar-refractivity contribution in [3.8, 4) is 17.2 Å². The molecule has 0 aromatic heterocycles. The van der Waals surface area contributed by atoms with Crippen molar-refractivity contribution in [2.75, 3.05) is 32.4 Å². The first-order chi connectivity index (χ1) is 9.67. The van der Waals surface area contributed by atoms with Crippen LogP contribution in [0.5, 0.6) is 17.2 Å². The minimum atomic E-state index is 0.610. The smallest absolute Gasteiger partial charge is 0.162 e. The van der Waals surface area contributed by atoms with Crippen molar-refractivity contribution in [1.82, 2.24) is 0 Å². The fraction of sp³-hybridized carbons (Fsp3) is 0.200. The average Bonchev–Trinajstić information content (AvgIpc) is 2.49. The monoisotopic (exact) mass is 274 g/mol. The minimum Gasteiger partial charge on any atom is -0.497 e. The highest BCUT2D eigenvalue weighted by Gasteiger charge is 2.06. The Hall–Kier alpha value is -2.56. The van der Waals surface area contributed by atoms with Crippen molar-refractivity contribution < 1.29 is 14.2 Å². The van der Waals surface area contributed by atoms with E-state index >= 15 is 0 Å². The molecular formula is C15H18N2O3. The molecule has 5 nitrogen and oxygen atoms in total. The van der Waals surface area contributed by atoms with Crippen LogP contribution in [0.2, 0.25) is 0 Å². The molecule has 0 saturated heterocycles. The maximum absolute atomic E-state index is 5.97. The summed E-state index contributed by atoms with van der Waals surface area (Å²) in [6.07, 6.45) is 0. The summed E-state index contributed by atoms with van der Waals surface area (Å²) < 4.78 is 15.6. The van der Waals surface area contributed by atoms with E-state index in [1.807, 2.05) is 30.3 Å². The molecule has 106 valence electrons. The van der Waals surface area contributed by atoms with E-state index in [1.54, 1.807) is 27.4 Å². The van der Waals surface area contributed by atoms with Crippen molar-refractivity contribution in [3.05, 3.63) is 36.4 Å². The molecule has 0 aliphatic carbocycles. The van der Waals surface area contributed by atoms with E-state index < -0.39 is 0 Å². The summed E-state index contributed by atoms with van der Waals surface area (Å²) in [7, 11) is 4.81. The van der Waals surface area contributed by atoms with Gasteiger partial charge in [-0.1, -0.05) is 0 Å². The molecule has 0 radical (unpaired) electrons. The predicted molar refractivity (Wildman–Crippen MR) is 80.2 cm³/mol. The van der Waals surface area contributed by atoms with Crippen LogP contribution < -0.4 is 25.3 Å². The van der Waals surface area contributed by atoms with Gasteiger partial charge in [0.1, 0.15) is 5.75 Å². The summed E-state index contributed by atoms with van der Waals surface area (Å²) in [4.78, 5) is 0. The maximum atomic E-state index is 5.97. The Morgan fingerprint density at radius 3 is 2.20 bits per heavy atom. The van der Waals surface area contributed by atoms with Gasteiger partial charge in [-0.2, -0.15) is 0 Å². The first kappa shape index (κ1) is 13.9. The van der Waals surface area contributed by atoms with Crippen LogP contribution >= 0.6 is 0 Å². The second-order valence-electron chi connectivity index (χ2n) is 4.15. The van der Waals surface area contributed by atoms with E-state index in [0.29, 0.717) is 17.2 Å². The summed E-state index contributed by atoms with van der Waals surface area (Å²) in [6, 6.07) is 11.1. The molecule has 0 saturated carbocycles. The van der Waals surface area contributed by atoms with Crippen molar-refractivity contribution in [2.45, 2.75) is 0 Å². The van der Waals surface area contributed by atoms with E-state index in [4.69, 9.17) is 19.9 Å². The van der Waals surface area contributed by atoms with Gasteiger partial charge in [-0.15, -0.1) is 0 Å². The molecule has 2 aromatic carbocycles. The Morgan fingerprint density at radius 2 is 1.60 bits per heavy atom. The highest BCUT2D eigenvalue weighted by molar-refractivity contribution is 5.74. The number of hydrogen-bond donors (Lipinski definition) is 2. The number of nitrogens with two attached hydrogens (primary N) is 1. The second kappa shape index (κ2) is 6.06. The molecule has 0 aliphatic rings. The largest absolute Gasteiger partial charge is 0.497 e. The van der Waals surface area contributed by atoms with Gasteiger partial charge >= 0.3 is 0 Å². The Kier molecular flexibility index (Phi) is 4.20. The number of hydrogen-bond acceptors (Lipinski definition) is 5. The van der Waals surface area contributed by atoms with Crippen LogP contribution in [-0.2, 0) is 0 Å². The lowest BCUT2D eigenvalue weighted by Gasteiger charge is -2.13. The molecule has 2 aromatic rings. The summed E-state index contributed by atoms with van der Waals surface area (Å²) in [5, 5.41) is 3.23. The lowest BCUT2D eigenvalue weighted by Crippen LogP contribution is -1.98. The average molecular weight is 274 g/mol. The van der Waals surface area contributed by atoms with Gasteiger partial charge < -0.3 is 25.3 Å². The summed E-state index contributed by atoms with van der Waals surface area (Å²) in [5.74, 6) is 2.06. The van der Waals surface area contributed by atoms with E-state index in [2.05, 4.69) is 5.32 Å². The number of rotatable bonds is 5. The molecule has 0 aliphatic heterocycles. The van der Waals surface area contributed by atoms with Gasteiger partial charge in [-0.25, -0.2) is 0 Å². The van der Waals surface area contributed by atoms with Crippen molar-refractivity contribution in [2.24, 2.45) is 0 Å². The zero-order chi connectivity index (χ0) is 14.5. The quantitative estimate of drug-likeness (QED) is 0.820. The summed E-state index contributed by atoms with van der Waals surface area (Å²) >= 11 is 0. The fourth-order valence-electron chi connectivity index (χ4n) is 1.85. The minimum absolute atomic E-state index is 0.610. The standard InChI is InChI=1S/C15H18N2O3/c1-18-11-5-6-13(12(16)9-11)17-10-4-7-14(19-2)15(8-10)20-3/h4-9,17H,16H2,1-3H3. The SMILES string of the molecule is COc1ccc(Nc2ccc(OC)c(OC)c2)c(N)c1. The molecule has 0 unspecified atom stereocenters. The lowest BCUT2D eigenvalue weighted by molar-refractivity contribution is 0.355. The van der Waals surface area contributed by atoms with Gasteiger partial charge in [0.05, 0.1) is 32.7 Å². The van der Waals surface area contributed by atoms with Crippen LogP contribution in [0, 0.1) is 0 Å². The molecule has 0 atom stereocenters. The third-order valence-electron chi connectivity index (χ3n) is 2.92. The van der Waals surface area contributed by atoms with E-state index in [-0.39, 0.29) is 0 Å². The normalized spacial score (nSPS) is 9.95. The number of methoxy groups -OCH3 is 3. The number of ether oxygens (including phenoxy) is 3. The Labute approximate surface area is 118 Å². The van der Waals surface area contributed by atoms with Crippen molar-refractivity contribution in [1.29, 1.82) is 0 Å². The van der Waals surface area contributed by atoms with Gasteiger partial charge in [0, 0.05) is 17.8 Å². The molecule has 20 heavy (non-hydrogen) atoms. The molecular weight excluding hydrogens is 256 g/mol. The molecule has 0 heterocycles. The highest BCUT2D eigenvalue weighted by atomic mass is 16.5. The lowest BCUT2D eigenvalue weighted by atomic mass is 10.2. The van der Waals surface area contributed by atoms with Crippen LogP contribution in [0.1, 0.15) is 0 Å². The van der Waals surface area contributed by atoms with Gasteiger partial charge in [0.2, 0.25) is 0 Å². The maximum Gasteiger partial charge on any atom is 0.162 e. The van der Waals surface area contributed by atoms with Gasteiger partial charge in [-0.3, -0.25) is 0 Å². The molecule has 3 N–H and O–H groups in total. The molecule has 2 rings (SSSR count). The number of nitrogens with one attached hydrogen (secondary N) is 1. The Balaban J connectivity index is 2.25. The third-order valence-corrected chi connectivity index (χ3v) is 2.92. The van der Waals surface area contributed by atoms with Crippen LogP contribution in [0.25, 0.3) is 0 Å². The first-order valence-corrected chi connectivity index (χ1v) is 6.10. The zero-order valence-corrected chi connectivity index (χ0v) is 11.8. The van der Waals surface area contributed by atoms with Crippen LogP contribution in [-0.4, -0.2) is 21.3 Å². The van der Waals surface area contributed by atoms with Crippen molar-refractivity contribution >= 4 is 17.1 Å². The molecule has 5 heteroatoms. The zero-order valence-electron chi connectivity index (χ0n) is 11.8. The van der Waals surface area contributed by atoms with Crippen LogP contribution in [0.4, 0.5) is 17.1 Å². The van der Waals surface area contributed by atoms with E-state index in [0.717, 1.165) is 17.1 Å². The summed E-state index contributed by atoms with van der Waals surface area (Å²) in [6.45, 7) is 0. The number of nitrogen functional groups attached to an aromatic ring is 1. The van der Waals surface area contributed by atoms with E-state index in [9.17, 15) is 0 Å². The van der Waals surface area contributed by atoms with Gasteiger partial charge in [0.15, 0.2) is 11.5 Å². The molecule has 0 bridgehead atoms. The molecule has 0 fully saturated rings. The highest BCUT2D eigenvalue weighted by Crippen LogP contribution is 2.33. The molecule has 0 amide bonds. The van der Waals surface area contributed by atoms with Gasteiger partial charge in [0.25, 0.3) is 0 Å². The summed E-state index contributed by atoms with van der Waals surface area (Å²) in [5.41, 5.74) is 8.25. The topological polar surface area (TPSA) is 65.7 Å². The number of benzene rings is 2. The van der Waals surface area contributed by atoms with Crippen molar-refractivity contribution in [3.63, 3.8) is 0 Å². The van der Waals surface area contributed by atoms with Crippen LogP contribution in [0.15, 0.2) is 36.4 Å². The molecule has 0 spiro atoms. The fourth-order valence-corrected chi connectivity index (χ4v) is 1.85. The van der Waals surface area contributed by atoms with E-state index in [1.165, 1.54) is 0 Å². The predicted octanol–water partition coefficient (Wildman–Crippen LogP) is 3.04. The van der Waals surface area contributed by atoms with Crippen LogP contribution in [0.3, 0.4) is 0 Å². The second-order valence-corrected chi connectivity index (χ2v) is 4.15. The van der Waals surface area contributed by atoms with Gasteiger partial charge in [-0.05, 0) is 24.3 Å². The third kappa shape index (κ3) is 2.88.